The lowest BCUT2D eigenvalue weighted by Gasteiger charge is -2.33. The van der Waals surface area contributed by atoms with Gasteiger partial charge >= 0.3 is 12.2 Å². The Labute approximate surface area is 127 Å². The molecule has 0 bridgehead atoms. The maximum absolute atomic E-state index is 13.0. The van der Waals surface area contributed by atoms with E-state index in [1.807, 2.05) is 6.92 Å². The van der Waals surface area contributed by atoms with E-state index in [0.29, 0.717) is 19.3 Å². The Hall–Kier alpha value is -1.73. The second kappa shape index (κ2) is 6.58. The van der Waals surface area contributed by atoms with Gasteiger partial charge in [0.15, 0.2) is 0 Å². The van der Waals surface area contributed by atoms with Gasteiger partial charge < -0.3 is 10.6 Å². The zero-order valence-corrected chi connectivity index (χ0v) is 12.7. The summed E-state index contributed by atoms with van der Waals surface area (Å²) in [5, 5.41) is 11.9. The van der Waals surface area contributed by atoms with Crippen molar-refractivity contribution < 1.29 is 18.0 Å². The van der Waals surface area contributed by atoms with E-state index in [9.17, 15) is 18.0 Å². The molecule has 124 valence electrons. The molecule has 0 aromatic carbocycles. The maximum Gasteiger partial charge on any atom is 0.393 e. The van der Waals surface area contributed by atoms with Gasteiger partial charge in [0.05, 0.1) is 11.6 Å². The van der Waals surface area contributed by atoms with Crippen LogP contribution in [0.4, 0.5) is 18.0 Å². The van der Waals surface area contributed by atoms with Gasteiger partial charge in [0.2, 0.25) is 0 Å². The number of halogens is 3. The second-order valence-electron chi connectivity index (χ2n) is 5.78. The molecule has 2 amide bonds. The van der Waals surface area contributed by atoms with Crippen molar-refractivity contribution in [1.82, 2.24) is 20.8 Å². The van der Waals surface area contributed by atoms with Gasteiger partial charge in [0.25, 0.3) is 0 Å². The van der Waals surface area contributed by atoms with E-state index in [1.54, 1.807) is 6.92 Å². The molecule has 5 nitrogen and oxygen atoms in total. The number of carbonyl (C=O) groups is 1. The third kappa shape index (κ3) is 3.92. The molecule has 0 saturated heterocycles. The molecule has 0 spiro atoms. The molecule has 0 aliphatic heterocycles. The van der Waals surface area contributed by atoms with Crippen LogP contribution in [-0.2, 0) is 6.54 Å². The van der Waals surface area contributed by atoms with Gasteiger partial charge in [-0.1, -0.05) is 12.8 Å². The average Bonchev–Trinajstić information content (AvgIpc) is 2.75. The molecule has 0 unspecified atom stereocenters. The third-order valence-electron chi connectivity index (χ3n) is 4.21. The molecule has 1 aromatic heterocycles. The molecule has 3 N–H and O–H groups in total. The van der Waals surface area contributed by atoms with Crippen LogP contribution in [0.5, 0.6) is 0 Å². The van der Waals surface area contributed by atoms with Crippen molar-refractivity contribution in [2.24, 2.45) is 5.92 Å². The monoisotopic (exact) mass is 318 g/mol. The van der Waals surface area contributed by atoms with Gasteiger partial charge in [-0.05, 0) is 26.7 Å². The highest BCUT2D eigenvalue weighted by Gasteiger charge is 2.45. The summed E-state index contributed by atoms with van der Waals surface area (Å²) in [4.78, 5) is 11.9. The van der Waals surface area contributed by atoms with Crippen molar-refractivity contribution in [3.05, 3.63) is 17.0 Å². The number of aromatic nitrogens is 2. The normalized spacial score (nSPS) is 22.4. The summed E-state index contributed by atoms with van der Waals surface area (Å²) < 4.78 is 38.9. The minimum Gasteiger partial charge on any atom is -0.335 e. The Morgan fingerprint density at radius 2 is 2.00 bits per heavy atom. The SMILES string of the molecule is Cc1n[nH]c(C)c1CNC(=O)N[C@H]1CCCC[C@@H]1C(F)(F)F. The summed E-state index contributed by atoms with van der Waals surface area (Å²) in [7, 11) is 0. The van der Waals surface area contributed by atoms with Crippen LogP contribution in [0.25, 0.3) is 0 Å². The van der Waals surface area contributed by atoms with Crippen LogP contribution in [0.1, 0.15) is 42.6 Å². The second-order valence-corrected chi connectivity index (χ2v) is 5.78. The lowest BCUT2D eigenvalue weighted by Crippen LogP contribution is -2.50. The number of alkyl halides is 3. The van der Waals surface area contributed by atoms with E-state index >= 15 is 0 Å². The molecule has 1 saturated carbocycles. The van der Waals surface area contributed by atoms with Crippen molar-refractivity contribution in [1.29, 1.82) is 0 Å². The standard InChI is InChI=1S/C14H21F3N4O/c1-8-10(9(2)21-20-8)7-18-13(22)19-12-6-4-3-5-11(12)14(15,16)17/h11-12H,3-7H2,1-2H3,(H,20,21)(H2,18,19,22)/t11-,12-/m0/s1. The number of aryl methyl sites for hydroxylation is 2. The number of carbonyl (C=O) groups excluding carboxylic acids is 1. The Balaban J connectivity index is 1.90. The fourth-order valence-electron chi connectivity index (χ4n) is 2.92. The molecule has 8 heteroatoms. The van der Waals surface area contributed by atoms with Crippen molar-refractivity contribution in [3.63, 3.8) is 0 Å². The molecule has 2 atom stereocenters. The Morgan fingerprint density at radius 3 is 2.59 bits per heavy atom. The minimum atomic E-state index is -4.27. The molecule has 1 heterocycles. The number of rotatable bonds is 3. The van der Waals surface area contributed by atoms with E-state index < -0.39 is 24.2 Å². The Kier molecular flexibility index (Phi) is 4.97. The number of nitrogens with zero attached hydrogens (tertiary/aromatic N) is 1. The summed E-state index contributed by atoms with van der Waals surface area (Å²) in [6, 6.07) is -1.42. The highest BCUT2D eigenvalue weighted by molar-refractivity contribution is 5.74. The van der Waals surface area contributed by atoms with Crippen LogP contribution in [0, 0.1) is 19.8 Å². The van der Waals surface area contributed by atoms with Gasteiger partial charge in [0, 0.05) is 23.8 Å². The summed E-state index contributed by atoms with van der Waals surface area (Å²) in [5.74, 6) is -1.45. The van der Waals surface area contributed by atoms with Gasteiger partial charge in [-0.25, -0.2) is 4.79 Å². The van der Waals surface area contributed by atoms with Gasteiger partial charge in [0.1, 0.15) is 0 Å². The lowest BCUT2D eigenvalue weighted by atomic mass is 9.84. The van der Waals surface area contributed by atoms with E-state index in [4.69, 9.17) is 0 Å². The van der Waals surface area contributed by atoms with Crippen LogP contribution in [-0.4, -0.2) is 28.4 Å². The molecule has 22 heavy (non-hydrogen) atoms. The predicted molar refractivity (Wildman–Crippen MR) is 75.2 cm³/mol. The largest absolute Gasteiger partial charge is 0.393 e. The molecular weight excluding hydrogens is 297 g/mol. The predicted octanol–water partition coefficient (Wildman–Crippen LogP) is 2.95. The Bertz CT molecular complexity index is 507. The smallest absolute Gasteiger partial charge is 0.335 e. The van der Waals surface area contributed by atoms with E-state index in [2.05, 4.69) is 20.8 Å². The number of amides is 2. The molecule has 1 aromatic rings. The first-order valence-corrected chi connectivity index (χ1v) is 7.40. The van der Waals surface area contributed by atoms with E-state index in [1.165, 1.54) is 0 Å². The van der Waals surface area contributed by atoms with Crippen molar-refractivity contribution >= 4 is 6.03 Å². The average molecular weight is 318 g/mol. The molecule has 0 radical (unpaired) electrons. The van der Waals surface area contributed by atoms with Crippen molar-refractivity contribution in [2.75, 3.05) is 0 Å². The van der Waals surface area contributed by atoms with Gasteiger partial charge in [-0.15, -0.1) is 0 Å². The van der Waals surface area contributed by atoms with E-state index in [0.717, 1.165) is 17.0 Å². The zero-order valence-electron chi connectivity index (χ0n) is 12.7. The summed E-state index contributed by atoms with van der Waals surface area (Å²) in [5.41, 5.74) is 2.46. The first kappa shape index (κ1) is 16.6. The van der Waals surface area contributed by atoms with Crippen LogP contribution >= 0.6 is 0 Å². The van der Waals surface area contributed by atoms with Crippen molar-refractivity contribution in [2.45, 2.75) is 58.3 Å². The number of aromatic amines is 1. The summed E-state index contributed by atoms with van der Waals surface area (Å²) >= 11 is 0. The van der Waals surface area contributed by atoms with Gasteiger partial charge in [-0.3, -0.25) is 5.10 Å². The highest BCUT2D eigenvalue weighted by atomic mass is 19.4. The third-order valence-corrected chi connectivity index (χ3v) is 4.21. The zero-order chi connectivity index (χ0) is 16.3. The maximum atomic E-state index is 13.0. The van der Waals surface area contributed by atoms with Crippen molar-refractivity contribution in [3.8, 4) is 0 Å². The molecule has 1 fully saturated rings. The highest BCUT2D eigenvalue weighted by Crippen LogP contribution is 2.37. The number of hydrogen-bond donors (Lipinski definition) is 3. The summed E-state index contributed by atoms with van der Waals surface area (Å²) in [6.45, 7) is 3.87. The van der Waals surface area contributed by atoms with Crippen LogP contribution in [0.2, 0.25) is 0 Å². The van der Waals surface area contributed by atoms with Crippen LogP contribution in [0.15, 0.2) is 0 Å². The topological polar surface area (TPSA) is 69.8 Å². The lowest BCUT2D eigenvalue weighted by molar-refractivity contribution is -0.187. The first-order chi connectivity index (χ1) is 10.3. The first-order valence-electron chi connectivity index (χ1n) is 7.40. The van der Waals surface area contributed by atoms with Gasteiger partial charge in [-0.2, -0.15) is 18.3 Å². The molecule has 1 aliphatic carbocycles. The quantitative estimate of drug-likeness (QED) is 0.802. The fourth-order valence-corrected chi connectivity index (χ4v) is 2.92. The Morgan fingerprint density at radius 1 is 1.32 bits per heavy atom. The number of hydrogen-bond acceptors (Lipinski definition) is 2. The fraction of sp³-hybridized carbons (Fsp3) is 0.714. The number of nitrogens with one attached hydrogen (secondary N) is 3. The van der Waals surface area contributed by atoms with E-state index in [-0.39, 0.29) is 13.0 Å². The number of urea groups is 1. The number of H-pyrrole nitrogens is 1. The molecule has 2 rings (SSSR count). The minimum absolute atomic E-state index is 0.0778. The molecule has 1 aliphatic rings. The summed E-state index contributed by atoms with van der Waals surface area (Å²) in [6.07, 6.45) is -2.57. The molecular formula is C14H21F3N4O. The van der Waals surface area contributed by atoms with Crippen LogP contribution in [0.3, 0.4) is 0 Å². The van der Waals surface area contributed by atoms with Crippen LogP contribution < -0.4 is 10.6 Å².